The molecule has 4 N–H and O–H groups in total. The third kappa shape index (κ3) is 6.99. The van der Waals surface area contributed by atoms with Gasteiger partial charge in [0.05, 0.1) is 30.4 Å². The van der Waals surface area contributed by atoms with Crippen molar-refractivity contribution in [3.63, 3.8) is 0 Å². The first kappa shape index (κ1) is 26.9. The van der Waals surface area contributed by atoms with E-state index < -0.39 is 7.80 Å². The number of anilines is 5. The van der Waals surface area contributed by atoms with Crippen molar-refractivity contribution in [3.05, 3.63) is 47.6 Å². The number of nitrogens with zero attached hydrogens (tertiary/aromatic N) is 4. The summed E-state index contributed by atoms with van der Waals surface area (Å²) >= 11 is 6.34. The number of rotatable bonds is 10. The van der Waals surface area contributed by atoms with Crippen LogP contribution in [0.5, 0.6) is 11.5 Å². The Bertz CT molecular complexity index is 1250. The molecule has 196 valence electrons. The van der Waals surface area contributed by atoms with Crippen LogP contribution >= 0.6 is 19.4 Å². The van der Waals surface area contributed by atoms with Crippen LogP contribution in [-0.2, 0) is 4.57 Å². The van der Waals surface area contributed by atoms with E-state index in [1.165, 1.54) is 6.20 Å². The fourth-order valence-corrected chi connectivity index (χ4v) is 4.85. The van der Waals surface area contributed by atoms with Crippen LogP contribution in [0.15, 0.2) is 42.6 Å². The molecule has 0 saturated carbocycles. The molecule has 37 heavy (non-hydrogen) atoms. The van der Waals surface area contributed by atoms with Gasteiger partial charge in [-0.15, -0.1) is 0 Å². The zero-order chi connectivity index (χ0) is 26.4. The average Bonchev–Trinajstić information content (AvgIpc) is 2.88. The molecule has 1 atom stereocenters. The van der Waals surface area contributed by atoms with E-state index in [4.69, 9.17) is 26.8 Å². The fourth-order valence-electron chi connectivity index (χ4n) is 3.94. The summed E-state index contributed by atoms with van der Waals surface area (Å²) in [5.41, 5.74) is 8.01. The molecule has 1 unspecified atom stereocenters. The highest BCUT2D eigenvalue weighted by molar-refractivity contribution is 7.53. The van der Waals surface area contributed by atoms with Gasteiger partial charge >= 0.3 is 7.80 Å². The normalized spacial score (nSPS) is 14.8. The molecular formula is C25H32ClN7O3P+. The van der Waals surface area contributed by atoms with Crippen LogP contribution < -0.4 is 31.1 Å². The van der Waals surface area contributed by atoms with E-state index in [0.717, 1.165) is 32.7 Å². The number of likely N-dealkylation sites (N-methyl/N-ethyl adjacent to an activating group) is 1. The predicted molar refractivity (Wildman–Crippen MR) is 150 cm³/mol. The Morgan fingerprint density at radius 2 is 1.86 bits per heavy atom. The van der Waals surface area contributed by atoms with Crippen LogP contribution in [0.25, 0.3) is 0 Å². The van der Waals surface area contributed by atoms with Gasteiger partial charge in [0.2, 0.25) is 11.3 Å². The minimum atomic E-state index is -1.56. The van der Waals surface area contributed by atoms with Gasteiger partial charge in [-0.2, -0.15) is 4.98 Å². The molecule has 10 nitrogen and oxygen atoms in total. The molecule has 0 radical (unpaired) electrons. The number of hydrogen-bond acceptors (Lipinski definition) is 10. The average molecular weight is 545 g/mol. The van der Waals surface area contributed by atoms with Crippen molar-refractivity contribution >= 4 is 53.5 Å². The largest absolute Gasteiger partial charge is 0.494 e. The summed E-state index contributed by atoms with van der Waals surface area (Å²) < 4.78 is 23.7. The van der Waals surface area contributed by atoms with Crippen molar-refractivity contribution in [2.45, 2.75) is 0 Å². The molecule has 2 aromatic carbocycles. The van der Waals surface area contributed by atoms with Crippen LogP contribution in [0.3, 0.4) is 0 Å². The number of benzene rings is 2. The van der Waals surface area contributed by atoms with Gasteiger partial charge in [-0.1, -0.05) is 28.3 Å². The van der Waals surface area contributed by atoms with Crippen molar-refractivity contribution in [1.82, 2.24) is 19.8 Å². The topological polar surface area (TPSA) is 118 Å². The Labute approximate surface area is 222 Å². The van der Waals surface area contributed by atoms with E-state index in [1.807, 2.05) is 18.2 Å². The Hall–Kier alpha value is -3.17. The fraction of sp³-hybridized carbons (Fsp3) is 0.360. The minimum Gasteiger partial charge on any atom is -0.494 e. The lowest BCUT2D eigenvalue weighted by Crippen LogP contribution is -2.45. The van der Waals surface area contributed by atoms with Crippen LogP contribution in [0, 0.1) is 0 Å². The highest BCUT2D eigenvalue weighted by Gasteiger charge is 2.19. The standard InChI is InChI=1S/C25H32ClN7O3P/c1-32-8-10-33(11-9-32)12-13-36-21-15-22(35-2)20(14-18(21)27)30-25-28-16-17(26)24(31-25)29-19-6-4-5-7-23(19)37(3)34/h4-7,14-16H,8-13,27H2,1-3H3,(H2,28,29,30,31)/q+1. The van der Waals surface area contributed by atoms with Crippen molar-refractivity contribution in [2.24, 2.45) is 0 Å². The SMILES string of the molecule is COc1cc(OCCN2CCN(C)CC2)c(N)cc1Nc1ncc(Cl)c(Nc2ccccc2[P+](C)=O)n1. The summed E-state index contributed by atoms with van der Waals surface area (Å²) in [5.74, 6) is 1.75. The highest BCUT2D eigenvalue weighted by atomic mass is 35.5. The van der Waals surface area contributed by atoms with Crippen molar-refractivity contribution in [1.29, 1.82) is 0 Å². The second kappa shape index (κ2) is 12.4. The van der Waals surface area contributed by atoms with E-state index in [1.54, 1.807) is 32.0 Å². The molecule has 12 heteroatoms. The van der Waals surface area contributed by atoms with Gasteiger partial charge in [-0.05, 0) is 25.2 Å². The maximum Gasteiger partial charge on any atom is 0.375 e. The number of para-hydroxylation sites is 1. The zero-order valence-corrected chi connectivity index (χ0v) is 22.9. The molecule has 0 bridgehead atoms. The summed E-state index contributed by atoms with van der Waals surface area (Å²) in [6.45, 7) is 7.20. The monoisotopic (exact) mass is 544 g/mol. The summed E-state index contributed by atoms with van der Waals surface area (Å²) in [4.78, 5) is 13.5. The van der Waals surface area contributed by atoms with Gasteiger partial charge in [-0.25, -0.2) is 4.98 Å². The Balaban J connectivity index is 1.46. The first-order valence-corrected chi connectivity index (χ1v) is 14.0. The Morgan fingerprint density at radius 3 is 2.59 bits per heavy atom. The first-order chi connectivity index (χ1) is 17.8. The molecule has 4 rings (SSSR count). The van der Waals surface area contributed by atoms with Crippen molar-refractivity contribution in [3.8, 4) is 11.5 Å². The predicted octanol–water partition coefficient (Wildman–Crippen LogP) is 3.92. The molecule has 0 spiro atoms. The Morgan fingerprint density at radius 1 is 1.11 bits per heavy atom. The summed E-state index contributed by atoms with van der Waals surface area (Å²) in [6.07, 6.45) is 1.49. The number of aromatic nitrogens is 2. The Kier molecular flexibility index (Phi) is 9.00. The number of hydrogen-bond donors (Lipinski definition) is 3. The lowest BCUT2D eigenvalue weighted by molar-refractivity contribution is 0.134. The molecule has 0 amide bonds. The molecular weight excluding hydrogens is 513 g/mol. The molecule has 1 saturated heterocycles. The number of methoxy groups -OCH3 is 1. The number of nitrogens with two attached hydrogens (primary N) is 1. The van der Waals surface area contributed by atoms with Gasteiger partial charge in [0.15, 0.2) is 5.82 Å². The van der Waals surface area contributed by atoms with Crippen LogP contribution in [0.4, 0.5) is 28.8 Å². The van der Waals surface area contributed by atoms with Gasteiger partial charge in [0.1, 0.15) is 29.8 Å². The number of halogens is 1. The van der Waals surface area contributed by atoms with E-state index in [9.17, 15) is 4.57 Å². The quantitative estimate of drug-likeness (QED) is 0.256. The summed E-state index contributed by atoms with van der Waals surface area (Å²) in [5, 5.41) is 7.30. The van der Waals surface area contributed by atoms with Gasteiger partial charge in [-0.3, -0.25) is 4.90 Å². The number of ether oxygens (including phenoxy) is 2. The molecule has 3 aromatic rings. The maximum atomic E-state index is 12.1. The third-order valence-electron chi connectivity index (χ3n) is 6.08. The van der Waals surface area contributed by atoms with Crippen LogP contribution in [0.2, 0.25) is 5.02 Å². The smallest absolute Gasteiger partial charge is 0.375 e. The van der Waals surface area contributed by atoms with E-state index in [-0.39, 0.29) is 5.95 Å². The van der Waals surface area contributed by atoms with E-state index in [2.05, 4.69) is 37.4 Å². The lowest BCUT2D eigenvalue weighted by Gasteiger charge is -2.32. The van der Waals surface area contributed by atoms with Crippen LogP contribution in [-0.4, -0.2) is 79.9 Å². The molecule has 1 aliphatic rings. The van der Waals surface area contributed by atoms with Crippen molar-refractivity contribution in [2.75, 3.05) is 76.5 Å². The molecule has 1 aromatic heterocycles. The third-order valence-corrected chi connectivity index (χ3v) is 7.42. The van der Waals surface area contributed by atoms with Gasteiger partial charge < -0.3 is 30.7 Å². The molecule has 2 heterocycles. The second-order valence-corrected chi connectivity index (χ2v) is 10.6. The second-order valence-electron chi connectivity index (χ2n) is 8.74. The summed E-state index contributed by atoms with van der Waals surface area (Å²) in [6, 6.07) is 10.8. The van der Waals surface area contributed by atoms with E-state index in [0.29, 0.717) is 51.3 Å². The number of piperazine rings is 1. The van der Waals surface area contributed by atoms with Gasteiger partial charge in [0, 0.05) is 38.8 Å². The maximum absolute atomic E-state index is 12.1. The number of nitrogen functional groups attached to an aromatic ring is 1. The minimum absolute atomic E-state index is 0.284. The highest BCUT2D eigenvalue weighted by Crippen LogP contribution is 2.36. The van der Waals surface area contributed by atoms with Gasteiger partial charge in [0.25, 0.3) is 0 Å². The molecule has 1 fully saturated rings. The van der Waals surface area contributed by atoms with Crippen molar-refractivity contribution < 1.29 is 14.0 Å². The van der Waals surface area contributed by atoms with E-state index >= 15 is 0 Å². The molecule has 1 aliphatic heterocycles. The molecule has 0 aliphatic carbocycles. The lowest BCUT2D eigenvalue weighted by atomic mass is 10.2. The summed E-state index contributed by atoms with van der Waals surface area (Å²) in [7, 11) is 2.15. The zero-order valence-electron chi connectivity index (χ0n) is 21.2. The first-order valence-electron chi connectivity index (χ1n) is 11.9. The van der Waals surface area contributed by atoms with Crippen LogP contribution in [0.1, 0.15) is 0 Å². The number of nitrogens with one attached hydrogen (secondary N) is 2.